The fraction of sp³-hybridized carbons (Fsp3) is 0.200. The van der Waals surface area contributed by atoms with Crippen molar-refractivity contribution < 1.29 is 10.2 Å². The molecule has 0 radical (unpaired) electrons. The van der Waals surface area contributed by atoms with E-state index in [4.69, 9.17) is 0 Å². The van der Waals surface area contributed by atoms with Gasteiger partial charge in [-0.15, -0.1) is 10.2 Å². The molecule has 0 aliphatic heterocycles. The highest BCUT2D eigenvalue weighted by atomic mass is 32.2. The van der Waals surface area contributed by atoms with Gasteiger partial charge in [0, 0.05) is 17.1 Å². The molecule has 0 aliphatic carbocycles. The number of nitrogens with zero attached hydrogens (tertiary/aromatic N) is 4. The van der Waals surface area contributed by atoms with Crippen molar-refractivity contribution in [2.75, 3.05) is 6.26 Å². The van der Waals surface area contributed by atoms with Gasteiger partial charge < -0.3 is 10.2 Å². The van der Waals surface area contributed by atoms with Crippen LogP contribution in [0.4, 0.5) is 10.8 Å². The first-order chi connectivity index (χ1) is 8.61. The average molecular weight is 282 g/mol. The summed E-state index contributed by atoms with van der Waals surface area (Å²) in [4.78, 5) is 4.09. The van der Waals surface area contributed by atoms with Crippen LogP contribution in [-0.4, -0.2) is 25.8 Å². The summed E-state index contributed by atoms with van der Waals surface area (Å²) in [6.45, 7) is 1.60. The fourth-order valence-electron chi connectivity index (χ4n) is 1.18. The Bertz CT molecular complexity index is 598. The zero-order chi connectivity index (χ0) is 13.1. The van der Waals surface area contributed by atoms with Crippen molar-refractivity contribution in [2.45, 2.75) is 12.1 Å². The third kappa shape index (κ3) is 2.59. The number of aromatic nitrogens is 2. The van der Waals surface area contributed by atoms with E-state index in [1.807, 2.05) is 6.26 Å². The minimum atomic E-state index is -0.0895. The van der Waals surface area contributed by atoms with Gasteiger partial charge in [0.2, 0.25) is 10.3 Å². The van der Waals surface area contributed by atoms with E-state index in [0.29, 0.717) is 15.9 Å². The molecule has 2 rings (SSSR count). The van der Waals surface area contributed by atoms with Gasteiger partial charge in [0.25, 0.3) is 0 Å². The fourth-order valence-corrected chi connectivity index (χ4v) is 2.23. The van der Waals surface area contributed by atoms with Crippen molar-refractivity contribution >= 4 is 34.1 Å². The SMILES string of the molecule is CSc1nsc(N=Nc2ccc(O)c(C)c2O)n1. The topological polar surface area (TPSA) is 91.0 Å². The molecule has 1 heterocycles. The lowest BCUT2D eigenvalue weighted by molar-refractivity contribution is 0.444. The maximum Gasteiger partial charge on any atom is 0.250 e. The lowest BCUT2D eigenvalue weighted by Crippen LogP contribution is -1.76. The van der Waals surface area contributed by atoms with Gasteiger partial charge in [0.1, 0.15) is 17.2 Å². The van der Waals surface area contributed by atoms with E-state index in [2.05, 4.69) is 19.6 Å². The summed E-state index contributed by atoms with van der Waals surface area (Å²) in [6, 6.07) is 2.94. The van der Waals surface area contributed by atoms with Gasteiger partial charge >= 0.3 is 0 Å². The molecule has 18 heavy (non-hydrogen) atoms. The quantitative estimate of drug-likeness (QED) is 0.665. The van der Waals surface area contributed by atoms with Gasteiger partial charge in [-0.2, -0.15) is 9.36 Å². The molecule has 0 aliphatic rings. The van der Waals surface area contributed by atoms with Crippen molar-refractivity contribution in [3.8, 4) is 11.5 Å². The van der Waals surface area contributed by atoms with E-state index in [1.54, 1.807) is 6.92 Å². The van der Waals surface area contributed by atoms with Crippen LogP contribution in [0.5, 0.6) is 11.5 Å². The second-order valence-corrected chi connectivity index (χ2v) is 4.84. The van der Waals surface area contributed by atoms with Crippen LogP contribution in [0.3, 0.4) is 0 Å². The number of azo groups is 1. The van der Waals surface area contributed by atoms with Crippen LogP contribution in [0.25, 0.3) is 0 Å². The van der Waals surface area contributed by atoms with Gasteiger partial charge in [0.15, 0.2) is 0 Å². The van der Waals surface area contributed by atoms with Crippen LogP contribution < -0.4 is 0 Å². The Hall–Kier alpha value is -1.67. The molecule has 0 amide bonds. The molecule has 0 fully saturated rings. The summed E-state index contributed by atoms with van der Waals surface area (Å²) >= 11 is 2.56. The van der Waals surface area contributed by atoms with Gasteiger partial charge in [-0.05, 0) is 25.3 Å². The molecule has 1 aromatic carbocycles. The largest absolute Gasteiger partial charge is 0.508 e. The van der Waals surface area contributed by atoms with Gasteiger partial charge in [-0.25, -0.2) is 0 Å². The molecular formula is C10H10N4O2S2. The Morgan fingerprint density at radius 2 is 2.06 bits per heavy atom. The van der Waals surface area contributed by atoms with Crippen LogP contribution in [-0.2, 0) is 0 Å². The number of benzene rings is 1. The smallest absolute Gasteiger partial charge is 0.250 e. The summed E-state index contributed by atoms with van der Waals surface area (Å²) in [7, 11) is 0. The first kappa shape index (κ1) is 12.8. The second-order valence-electron chi connectivity index (χ2n) is 3.34. The second kappa shape index (κ2) is 5.32. The van der Waals surface area contributed by atoms with Crippen LogP contribution >= 0.6 is 23.3 Å². The van der Waals surface area contributed by atoms with Crippen LogP contribution in [0.15, 0.2) is 27.5 Å². The van der Waals surface area contributed by atoms with Crippen molar-refractivity contribution in [1.82, 2.24) is 9.36 Å². The Morgan fingerprint density at radius 3 is 2.72 bits per heavy atom. The lowest BCUT2D eigenvalue weighted by atomic mass is 10.2. The summed E-state index contributed by atoms with van der Waals surface area (Å²) in [5, 5.41) is 28.0. The number of aromatic hydroxyl groups is 2. The Labute approximate surface area is 112 Å². The standard InChI is InChI=1S/C10H10N4O2S2/c1-5-7(15)4-3-6(8(5)16)12-13-9-11-10(17-2)14-18-9/h3-4,15-16H,1-2H3. The predicted octanol–water partition coefficient (Wildman–Crippen LogP) is 3.40. The molecule has 0 saturated heterocycles. The number of phenols is 2. The van der Waals surface area contributed by atoms with E-state index in [0.717, 1.165) is 11.5 Å². The molecule has 8 heteroatoms. The highest BCUT2D eigenvalue weighted by Crippen LogP contribution is 2.36. The molecule has 1 aromatic heterocycles. The molecule has 0 unspecified atom stereocenters. The van der Waals surface area contributed by atoms with E-state index < -0.39 is 0 Å². The normalized spacial score (nSPS) is 11.2. The number of rotatable bonds is 3. The zero-order valence-corrected chi connectivity index (χ0v) is 11.3. The van der Waals surface area contributed by atoms with Gasteiger partial charge in [-0.3, -0.25) is 0 Å². The monoisotopic (exact) mass is 282 g/mol. The van der Waals surface area contributed by atoms with Gasteiger partial charge in [0.05, 0.1) is 0 Å². The van der Waals surface area contributed by atoms with Crippen LogP contribution in [0.2, 0.25) is 0 Å². The number of thioether (sulfide) groups is 1. The minimum Gasteiger partial charge on any atom is -0.508 e. The van der Waals surface area contributed by atoms with E-state index >= 15 is 0 Å². The van der Waals surface area contributed by atoms with Crippen LogP contribution in [0.1, 0.15) is 5.56 Å². The number of hydrogen-bond donors (Lipinski definition) is 2. The van der Waals surface area contributed by atoms with Crippen molar-refractivity contribution in [3.63, 3.8) is 0 Å². The lowest BCUT2D eigenvalue weighted by Gasteiger charge is -2.03. The van der Waals surface area contributed by atoms with Crippen molar-refractivity contribution in [2.24, 2.45) is 10.2 Å². The maximum atomic E-state index is 9.76. The predicted molar refractivity (Wildman–Crippen MR) is 70.4 cm³/mol. The van der Waals surface area contributed by atoms with Gasteiger partial charge in [-0.1, -0.05) is 11.8 Å². The van der Waals surface area contributed by atoms with Crippen LogP contribution in [0, 0.1) is 6.92 Å². The molecule has 94 valence electrons. The van der Waals surface area contributed by atoms with Crippen molar-refractivity contribution in [1.29, 1.82) is 0 Å². The molecular weight excluding hydrogens is 272 g/mol. The number of hydrogen-bond acceptors (Lipinski definition) is 8. The number of phenolic OH excluding ortho intramolecular Hbond substituents is 2. The molecule has 0 spiro atoms. The molecule has 0 atom stereocenters. The molecule has 2 aromatic rings. The Balaban J connectivity index is 2.26. The molecule has 6 nitrogen and oxygen atoms in total. The third-order valence-corrected chi connectivity index (χ3v) is 3.47. The first-order valence-electron chi connectivity index (χ1n) is 4.93. The molecule has 2 N–H and O–H groups in total. The zero-order valence-electron chi connectivity index (χ0n) is 9.65. The first-order valence-corrected chi connectivity index (χ1v) is 6.92. The summed E-state index contributed by atoms with van der Waals surface area (Å²) in [6.07, 6.45) is 1.87. The summed E-state index contributed by atoms with van der Waals surface area (Å²) in [5.41, 5.74) is 0.653. The third-order valence-electron chi connectivity index (χ3n) is 2.20. The van der Waals surface area contributed by atoms with E-state index in [-0.39, 0.29) is 17.2 Å². The minimum absolute atomic E-state index is 0.0204. The van der Waals surface area contributed by atoms with Crippen molar-refractivity contribution in [3.05, 3.63) is 17.7 Å². The summed E-state index contributed by atoms with van der Waals surface area (Å²) < 4.78 is 4.04. The highest BCUT2D eigenvalue weighted by Gasteiger charge is 2.08. The van der Waals surface area contributed by atoms with E-state index in [1.165, 1.54) is 23.9 Å². The maximum absolute atomic E-state index is 9.76. The molecule has 0 bridgehead atoms. The summed E-state index contributed by atoms with van der Waals surface area (Å²) in [5.74, 6) is -0.0691. The average Bonchev–Trinajstić information content (AvgIpc) is 2.83. The Morgan fingerprint density at radius 1 is 1.28 bits per heavy atom. The molecule has 0 saturated carbocycles. The van der Waals surface area contributed by atoms with E-state index in [9.17, 15) is 10.2 Å². The Kier molecular flexibility index (Phi) is 3.78. The highest BCUT2D eigenvalue weighted by molar-refractivity contribution is 7.98.